The maximum absolute atomic E-state index is 13.5. The van der Waals surface area contributed by atoms with Gasteiger partial charge in [-0.2, -0.15) is 5.10 Å². The van der Waals surface area contributed by atoms with Crippen LogP contribution in [0, 0.1) is 5.92 Å². The Labute approximate surface area is 185 Å². The van der Waals surface area contributed by atoms with Crippen LogP contribution >= 0.6 is 11.3 Å². The predicted molar refractivity (Wildman–Crippen MR) is 119 cm³/mol. The molecular weight excluding hydrogens is 414 g/mol. The van der Waals surface area contributed by atoms with E-state index in [1.807, 2.05) is 47.8 Å². The van der Waals surface area contributed by atoms with Gasteiger partial charge < -0.3 is 14.4 Å². The summed E-state index contributed by atoms with van der Waals surface area (Å²) in [6, 6.07) is 13.2. The number of hydrogen-bond donors (Lipinski definition) is 0. The standard InChI is InChI=1S/C23H25N3O4S/c1-3-30-23(28)16-6-4-12-25(15-16)22(27)20-14-19(21-7-5-13-31-21)24-26(20)17-8-10-18(29-2)11-9-17/h5,7-11,13-14,16H,3-4,6,12,15H2,1-2H3. The number of nitrogens with zero attached hydrogens (tertiary/aromatic N) is 3. The van der Waals surface area contributed by atoms with E-state index in [0.717, 1.165) is 34.8 Å². The molecule has 1 aliphatic rings. The number of methoxy groups -OCH3 is 1. The second kappa shape index (κ2) is 9.34. The van der Waals surface area contributed by atoms with Crippen LogP contribution in [0.5, 0.6) is 5.75 Å². The fourth-order valence-electron chi connectivity index (χ4n) is 3.77. The molecule has 1 saturated heterocycles. The number of amides is 1. The van der Waals surface area contributed by atoms with Gasteiger partial charge >= 0.3 is 5.97 Å². The Morgan fingerprint density at radius 3 is 2.71 bits per heavy atom. The molecule has 0 bridgehead atoms. The van der Waals surface area contributed by atoms with E-state index in [1.54, 1.807) is 35.0 Å². The number of benzene rings is 1. The highest BCUT2D eigenvalue weighted by atomic mass is 32.1. The topological polar surface area (TPSA) is 73.7 Å². The van der Waals surface area contributed by atoms with Gasteiger partial charge in [-0.1, -0.05) is 6.07 Å². The van der Waals surface area contributed by atoms with E-state index in [9.17, 15) is 9.59 Å². The lowest BCUT2D eigenvalue weighted by atomic mass is 9.98. The molecule has 3 aromatic rings. The molecule has 0 radical (unpaired) electrons. The van der Waals surface area contributed by atoms with Gasteiger partial charge in [0.1, 0.15) is 17.1 Å². The summed E-state index contributed by atoms with van der Waals surface area (Å²) in [5, 5.41) is 6.71. The number of piperidine rings is 1. The summed E-state index contributed by atoms with van der Waals surface area (Å²) >= 11 is 1.57. The minimum atomic E-state index is -0.285. The van der Waals surface area contributed by atoms with Crippen molar-refractivity contribution in [3.05, 3.63) is 53.5 Å². The fourth-order valence-corrected chi connectivity index (χ4v) is 4.46. The molecule has 4 rings (SSSR count). The summed E-state index contributed by atoms with van der Waals surface area (Å²) in [5.74, 6) is 0.0744. The van der Waals surface area contributed by atoms with Gasteiger partial charge in [-0.3, -0.25) is 9.59 Å². The molecule has 1 amide bonds. The van der Waals surface area contributed by atoms with Gasteiger partial charge in [0, 0.05) is 13.1 Å². The molecule has 1 unspecified atom stereocenters. The zero-order valence-electron chi connectivity index (χ0n) is 17.6. The SMILES string of the molecule is CCOC(=O)C1CCCN(C(=O)c2cc(-c3cccs3)nn2-c2ccc(OC)cc2)C1. The lowest BCUT2D eigenvalue weighted by molar-refractivity contribution is -0.149. The van der Waals surface area contributed by atoms with Gasteiger partial charge in [-0.05, 0) is 61.5 Å². The number of ether oxygens (including phenoxy) is 2. The van der Waals surface area contributed by atoms with E-state index in [2.05, 4.69) is 0 Å². The van der Waals surface area contributed by atoms with Crippen molar-refractivity contribution >= 4 is 23.2 Å². The molecule has 1 aliphatic heterocycles. The molecule has 162 valence electrons. The molecule has 1 fully saturated rings. The Morgan fingerprint density at radius 1 is 1.23 bits per heavy atom. The van der Waals surface area contributed by atoms with Gasteiger partial charge in [-0.15, -0.1) is 11.3 Å². The zero-order valence-corrected chi connectivity index (χ0v) is 18.4. The lowest BCUT2D eigenvalue weighted by Gasteiger charge is -2.31. The van der Waals surface area contributed by atoms with Gasteiger partial charge in [0.05, 0.1) is 30.2 Å². The van der Waals surface area contributed by atoms with Crippen molar-refractivity contribution in [3.8, 4) is 22.0 Å². The molecule has 8 heteroatoms. The van der Waals surface area contributed by atoms with Crippen molar-refractivity contribution in [2.75, 3.05) is 26.8 Å². The number of likely N-dealkylation sites (tertiary alicyclic amines) is 1. The van der Waals surface area contributed by atoms with Crippen LogP contribution in [0.2, 0.25) is 0 Å². The van der Waals surface area contributed by atoms with Crippen LogP contribution < -0.4 is 4.74 Å². The van der Waals surface area contributed by atoms with E-state index in [0.29, 0.717) is 25.4 Å². The normalized spacial score (nSPS) is 16.2. The smallest absolute Gasteiger partial charge is 0.310 e. The van der Waals surface area contributed by atoms with Crippen LogP contribution in [-0.2, 0) is 9.53 Å². The Kier molecular flexibility index (Phi) is 6.36. The van der Waals surface area contributed by atoms with Crippen molar-refractivity contribution in [2.24, 2.45) is 5.92 Å². The Morgan fingerprint density at radius 2 is 2.03 bits per heavy atom. The van der Waals surface area contributed by atoms with E-state index in [-0.39, 0.29) is 17.8 Å². The highest BCUT2D eigenvalue weighted by Gasteiger charge is 2.31. The third-order valence-electron chi connectivity index (χ3n) is 5.35. The first-order chi connectivity index (χ1) is 15.1. The Balaban J connectivity index is 1.67. The van der Waals surface area contributed by atoms with Crippen LogP contribution in [0.1, 0.15) is 30.3 Å². The summed E-state index contributed by atoms with van der Waals surface area (Å²) in [6.07, 6.45) is 1.50. The molecule has 1 aromatic carbocycles. The first-order valence-corrected chi connectivity index (χ1v) is 11.2. The molecule has 0 aliphatic carbocycles. The monoisotopic (exact) mass is 439 g/mol. The van der Waals surface area contributed by atoms with E-state index >= 15 is 0 Å². The maximum Gasteiger partial charge on any atom is 0.310 e. The quantitative estimate of drug-likeness (QED) is 0.542. The van der Waals surface area contributed by atoms with Gasteiger partial charge in [0.25, 0.3) is 5.91 Å². The highest BCUT2D eigenvalue weighted by molar-refractivity contribution is 7.13. The van der Waals surface area contributed by atoms with Crippen LogP contribution in [0.3, 0.4) is 0 Å². The van der Waals surface area contributed by atoms with Crippen LogP contribution in [-0.4, -0.2) is 53.4 Å². The average Bonchev–Trinajstić information content (AvgIpc) is 3.49. The molecule has 1 atom stereocenters. The highest BCUT2D eigenvalue weighted by Crippen LogP contribution is 2.28. The van der Waals surface area contributed by atoms with E-state index in [4.69, 9.17) is 14.6 Å². The Hall–Kier alpha value is -3.13. The molecule has 3 heterocycles. The average molecular weight is 440 g/mol. The molecule has 31 heavy (non-hydrogen) atoms. The zero-order chi connectivity index (χ0) is 21.8. The first kappa shape index (κ1) is 21.1. The number of rotatable bonds is 6. The summed E-state index contributed by atoms with van der Waals surface area (Å²) < 4.78 is 12.1. The summed E-state index contributed by atoms with van der Waals surface area (Å²) in [6.45, 7) is 3.11. The van der Waals surface area contributed by atoms with Crippen LogP contribution in [0.4, 0.5) is 0 Å². The lowest BCUT2D eigenvalue weighted by Crippen LogP contribution is -2.43. The molecular formula is C23H25N3O4S. The van der Waals surface area contributed by atoms with Crippen LogP contribution in [0.15, 0.2) is 47.8 Å². The minimum Gasteiger partial charge on any atom is -0.497 e. The molecule has 0 N–H and O–H groups in total. The molecule has 2 aromatic heterocycles. The summed E-state index contributed by atoms with van der Waals surface area (Å²) in [4.78, 5) is 28.5. The van der Waals surface area contributed by atoms with Gasteiger partial charge in [-0.25, -0.2) is 4.68 Å². The third-order valence-corrected chi connectivity index (χ3v) is 6.24. The first-order valence-electron chi connectivity index (χ1n) is 10.3. The Bertz CT molecular complexity index is 1040. The molecule has 7 nitrogen and oxygen atoms in total. The number of carbonyl (C=O) groups is 2. The maximum atomic E-state index is 13.5. The van der Waals surface area contributed by atoms with Crippen molar-refractivity contribution in [2.45, 2.75) is 19.8 Å². The van der Waals surface area contributed by atoms with Crippen molar-refractivity contribution < 1.29 is 19.1 Å². The number of esters is 1. The second-order valence-electron chi connectivity index (χ2n) is 7.34. The number of hydrogen-bond acceptors (Lipinski definition) is 6. The number of carbonyl (C=O) groups excluding carboxylic acids is 2. The summed E-state index contributed by atoms with van der Waals surface area (Å²) in [7, 11) is 1.61. The van der Waals surface area contributed by atoms with E-state index in [1.165, 1.54) is 0 Å². The van der Waals surface area contributed by atoms with Crippen molar-refractivity contribution in [1.29, 1.82) is 0 Å². The summed E-state index contributed by atoms with van der Waals surface area (Å²) in [5.41, 5.74) is 1.98. The largest absolute Gasteiger partial charge is 0.497 e. The van der Waals surface area contributed by atoms with Crippen molar-refractivity contribution in [1.82, 2.24) is 14.7 Å². The van der Waals surface area contributed by atoms with Crippen LogP contribution in [0.25, 0.3) is 16.3 Å². The molecule has 0 saturated carbocycles. The fraction of sp³-hybridized carbons (Fsp3) is 0.348. The third kappa shape index (κ3) is 4.49. The number of aromatic nitrogens is 2. The van der Waals surface area contributed by atoms with Gasteiger partial charge in [0.2, 0.25) is 0 Å². The second-order valence-corrected chi connectivity index (χ2v) is 8.29. The predicted octanol–water partition coefficient (Wildman–Crippen LogP) is 4.02. The van der Waals surface area contributed by atoms with E-state index < -0.39 is 0 Å². The molecule has 0 spiro atoms. The van der Waals surface area contributed by atoms with Gasteiger partial charge in [0.15, 0.2) is 0 Å². The van der Waals surface area contributed by atoms with Crippen molar-refractivity contribution in [3.63, 3.8) is 0 Å². The minimum absolute atomic E-state index is 0.139. The number of thiophene rings is 1.